The fraction of sp³-hybridized carbons (Fsp3) is 1.00. The van der Waals surface area contributed by atoms with Crippen molar-refractivity contribution in [3.05, 3.63) is 0 Å². The van der Waals surface area contributed by atoms with E-state index in [1.807, 2.05) is 0 Å². The lowest BCUT2D eigenvalue weighted by molar-refractivity contribution is -0.169. The Kier molecular flexibility index (Phi) is 17.9. The number of hydrogen-bond acceptors (Lipinski definition) is 6. The first kappa shape index (κ1) is 23.8. The van der Waals surface area contributed by atoms with Gasteiger partial charge in [0.15, 0.2) is 6.29 Å². The third-order valence-corrected chi connectivity index (χ3v) is 4.18. The lowest BCUT2D eigenvalue weighted by Crippen LogP contribution is -2.24. The first-order valence-electron chi connectivity index (χ1n) is 10.5. The second-order valence-corrected chi connectivity index (χ2v) is 6.53. The molecule has 156 valence electrons. The van der Waals surface area contributed by atoms with E-state index in [4.69, 9.17) is 28.4 Å². The molecule has 1 atom stereocenters. The summed E-state index contributed by atoms with van der Waals surface area (Å²) in [5.74, 6) is 0. The summed E-state index contributed by atoms with van der Waals surface area (Å²) >= 11 is 0. The Morgan fingerprint density at radius 3 is 1.81 bits per heavy atom. The van der Waals surface area contributed by atoms with Crippen LogP contribution in [-0.4, -0.2) is 72.4 Å². The Morgan fingerprint density at radius 2 is 1.23 bits per heavy atom. The number of rotatable bonds is 19. The van der Waals surface area contributed by atoms with Crippen LogP contribution in [0, 0.1) is 0 Å². The minimum absolute atomic E-state index is 0.0363. The van der Waals surface area contributed by atoms with Crippen LogP contribution in [0.4, 0.5) is 0 Å². The highest BCUT2D eigenvalue weighted by atomic mass is 16.7. The molecule has 0 aliphatic carbocycles. The van der Waals surface area contributed by atoms with Crippen LogP contribution in [0.5, 0.6) is 0 Å². The van der Waals surface area contributed by atoms with Crippen LogP contribution in [0.25, 0.3) is 0 Å². The van der Waals surface area contributed by atoms with Crippen molar-refractivity contribution in [2.75, 3.05) is 66.1 Å². The van der Waals surface area contributed by atoms with E-state index < -0.39 is 0 Å². The van der Waals surface area contributed by atoms with Gasteiger partial charge < -0.3 is 28.4 Å². The maximum Gasteiger partial charge on any atom is 0.157 e. The molecule has 1 fully saturated rings. The lowest BCUT2D eigenvalue weighted by Gasteiger charge is -2.22. The summed E-state index contributed by atoms with van der Waals surface area (Å²) in [5, 5.41) is 0. The topological polar surface area (TPSA) is 55.4 Å². The second-order valence-electron chi connectivity index (χ2n) is 6.53. The lowest BCUT2D eigenvalue weighted by atomic mass is 10.2. The Balaban J connectivity index is 1.65. The fourth-order valence-corrected chi connectivity index (χ4v) is 2.65. The van der Waals surface area contributed by atoms with E-state index in [-0.39, 0.29) is 6.29 Å². The molecule has 0 aromatic rings. The van der Waals surface area contributed by atoms with Gasteiger partial charge in [0.1, 0.15) is 0 Å². The standard InChI is InChI=1S/C20H40O6/c1-2-3-4-5-7-10-21-12-13-22-14-15-23-16-17-24-18-19-26-20-9-6-8-11-25-20/h20H,2-19H2,1H3. The number of hydrogen-bond donors (Lipinski definition) is 0. The Labute approximate surface area is 159 Å². The summed E-state index contributed by atoms with van der Waals surface area (Å²) in [6.07, 6.45) is 9.64. The van der Waals surface area contributed by atoms with E-state index in [0.717, 1.165) is 32.5 Å². The third-order valence-electron chi connectivity index (χ3n) is 4.18. The summed E-state index contributed by atoms with van der Waals surface area (Å²) < 4.78 is 33.0. The largest absolute Gasteiger partial charge is 0.379 e. The van der Waals surface area contributed by atoms with E-state index >= 15 is 0 Å². The van der Waals surface area contributed by atoms with E-state index in [0.29, 0.717) is 52.9 Å². The maximum atomic E-state index is 5.59. The highest BCUT2D eigenvalue weighted by Crippen LogP contribution is 2.13. The second kappa shape index (κ2) is 19.5. The van der Waals surface area contributed by atoms with E-state index in [1.165, 1.54) is 32.1 Å². The average molecular weight is 377 g/mol. The average Bonchev–Trinajstić information content (AvgIpc) is 2.68. The predicted octanol–water partition coefficient (Wildman–Crippen LogP) is 3.57. The van der Waals surface area contributed by atoms with Crippen LogP contribution >= 0.6 is 0 Å². The quantitative estimate of drug-likeness (QED) is 0.321. The van der Waals surface area contributed by atoms with Crippen molar-refractivity contribution in [1.29, 1.82) is 0 Å². The fourth-order valence-electron chi connectivity index (χ4n) is 2.65. The third kappa shape index (κ3) is 16.0. The van der Waals surface area contributed by atoms with Crippen LogP contribution in [0.2, 0.25) is 0 Å². The SMILES string of the molecule is CCCCCCCOCCOCCOCCOCCOC1CCCCO1. The summed E-state index contributed by atoms with van der Waals surface area (Å²) in [6, 6.07) is 0. The number of unbranched alkanes of at least 4 members (excludes halogenated alkanes) is 4. The van der Waals surface area contributed by atoms with Gasteiger partial charge >= 0.3 is 0 Å². The molecule has 1 aliphatic rings. The van der Waals surface area contributed by atoms with Crippen molar-refractivity contribution in [1.82, 2.24) is 0 Å². The minimum atomic E-state index is -0.0363. The molecule has 0 aromatic heterocycles. The van der Waals surface area contributed by atoms with Gasteiger partial charge in [-0.3, -0.25) is 0 Å². The van der Waals surface area contributed by atoms with Gasteiger partial charge in [0, 0.05) is 13.2 Å². The van der Waals surface area contributed by atoms with Crippen molar-refractivity contribution in [2.45, 2.75) is 64.6 Å². The van der Waals surface area contributed by atoms with Crippen molar-refractivity contribution in [3.63, 3.8) is 0 Å². The van der Waals surface area contributed by atoms with Crippen LogP contribution in [0.1, 0.15) is 58.3 Å². The first-order valence-corrected chi connectivity index (χ1v) is 10.5. The molecular weight excluding hydrogens is 336 g/mol. The zero-order valence-corrected chi connectivity index (χ0v) is 16.8. The summed E-state index contributed by atoms with van der Waals surface area (Å²) in [6.45, 7) is 8.69. The summed E-state index contributed by atoms with van der Waals surface area (Å²) in [7, 11) is 0. The highest BCUT2D eigenvalue weighted by molar-refractivity contribution is 4.53. The van der Waals surface area contributed by atoms with Gasteiger partial charge in [-0.1, -0.05) is 32.6 Å². The molecule has 0 bridgehead atoms. The Hall–Kier alpha value is -0.240. The predicted molar refractivity (Wildman–Crippen MR) is 102 cm³/mol. The number of ether oxygens (including phenoxy) is 6. The maximum absolute atomic E-state index is 5.59. The van der Waals surface area contributed by atoms with Crippen molar-refractivity contribution >= 4 is 0 Å². The normalized spacial score (nSPS) is 17.7. The molecule has 1 heterocycles. The molecular formula is C20H40O6. The molecule has 0 N–H and O–H groups in total. The van der Waals surface area contributed by atoms with E-state index in [9.17, 15) is 0 Å². The van der Waals surface area contributed by atoms with Crippen LogP contribution in [0.15, 0.2) is 0 Å². The van der Waals surface area contributed by atoms with Gasteiger partial charge in [-0.25, -0.2) is 0 Å². The molecule has 1 rings (SSSR count). The van der Waals surface area contributed by atoms with Crippen molar-refractivity contribution in [3.8, 4) is 0 Å². The zero-order chi connectivity index (χ0) is 18.5. The molecule has 6 heteroatoms. The summed E-state index contributed by atoms with van der Waals surface area (Å²) in [5.41, 5.74) is 0. The zero-order valence-electron chi connectivity index (χ0n) is 16.8. The molecule has 0 spiro atoms. The van der Waals surface area contributed by atoms with E-state index in [2.05, 4.69) is 6.92 Å². The monoisotopic (exact) mass is 376 g/mol. The minimum Gasteiger partial charge on any atom is -0.379 e. The Bertz CT molecular complexity index is 271. The molecule has 0 amide bonds. The van der Waals surface area contributed by atoms with Gasteiger partial charge in [-0.05, 0) is 25.7 Å². The molecule has 0 radical (unpaired) electrons. The summed E-state index contributed by atoms with van der Waals surface area (Å²) in [4.78, 5) is 0. The molecule has 6 nitrogen and oxygen atoms in total. The molecule has 0 aromatic carbocycles. The molecule has 26 heavy (non-hydrogen) atoms. The van der Waals surface area contributed by atoms with E-state index in [1.54, 1.807) is 0 Å². The van der Waals surface area contributed by atoms with Crippen molar-refractivity contribution < 1.29 is 28.4 Å². The van der Waals surface area contributed by atoms with Gasteiger partial charge in [-0.2, -0.15) is 0 Å². The van der Waals surface area contributed by atoms with Crippen LogP contribution in [0.3, 0.4) is 0 Å². The van der Waals surface area contributed by atoms with Crippen LogP contribution in [-0.2, 0) is 28.4 Å². The molecule has 1 unspecified atom stereocenters. The van der Waals surface area contributed by atoms with Gasteiger partial charge in [-0.15, -0.1) is 0 Å². The molecule has 1 aliphatic heterocycles. The highest BCUT2D eigenvalue weighted by Gasteiger charge is 2.13. The van der Waals surface area contributed by atoms with Crippen molar-refractivity contribution in [2.24, 2.45) is 0 Å². The van der Waals surface area contributed by atoms with Crippen LogP contribution < -0.4 is 0 Å². The first-order chi connectivity index (χ1) is 12.9. The smallest absolute Gasteiger partial charge is 0.157 e. The molecule has 1 saturated heterocycles. The van der Waals surface area contributed by atoms with Gasteiger partial charge in [0.2, 0.25) is 0 Å². The Morgan fingerprint density at radius 1 is 0.654 bits per heavy atom. The van der Waals surface area contributed by atoms with Gasteiger partial charge in [0.25, 0.3) is 0 Å². The van der Waals surface area contributed by atoms with Gasteiger partial charge in [0.05, 0.1) is 52.9 Å². The molecule has 0 saturated carbocycles.